The number of aromatic nitrogens is 1. The van der Waals surface area contributed by atoms with Gasteiger partial charge in [-0.05, 0) is 57.4 Å². The standard InChI is InChI=1S/C19H22BNO4/c1-18(2)19(3,4)25-20(24-18)15-10-11-21-16(12-15)13-6-8-14(9-7-13)17(22)23-5/h6-12H,1-5H3. The van der Waals surface area contributed by atoms with Gasteiger partial charge in [-0.3, -0.25) is 4.98 Å². The van der Waals surface area contributed by atoms with Crippen LogP contribution in [0.1, 0.15) is 38.1 Å². The Labute approximate surface area is 148 Å². The Morgan fingerprint density at radius 3 is 2.20 bits per heavy atom. The van der Waals surface area contributed by atoms with E-state index >= 15 is 0 Å². The fraction of sp³-hybridized carbons (Fsp3) is 0.368. The van der Waals surface area contributed by atoms with E-state index in [-0.39, 0.29) is 17.2 Å². The van der Waals surface area contributed by atoms with E-state index in [1.807, 2.05) is 52.0 Å². The minimum absolute atomic E-state index is 0.356. The van der Waals surface area contributed by atoms with Crippen LogP contribution in [-0.2, 0) is 14.0 Å². The van der Waals surface area contributed by atoms with Gasteiger partial charge in [-0.1, -0.05) is 12.1 Å². The van der Waals surface area contributed by atoms with Crippen LogP contribution in [0.4, 0.5) is 0 Å². The normalized spacial score (nSPS) is 18.2. The van der Waals surface area contributed by atoms with Crippen LogP contribution >= 0.6 is 0 Å². The van der Waals surface area contributed by atoms with E-state index < -0.39 is 7.12 Å². The fourth-order valence-corrected chi connectivity index (χ4v) is 2.63. The number of rotatable bonds is 3. The van der Waals surface area contributed by atoms with Crippen LogP contribution in [0.2, 0.25) is 0 Å². The molecule has 3 rings (SSSR count). The van der Waals surface area contributed by atoms with Crippen LogP contribution < -0.4 is 5.46 Å². The number of esters is 1. The van der Waals surface area contributed by atoms with Gasteiger partial charge in [0, 0.05) is 11.8 Å². The van der Waals surface area contributed by atoms with E-state index in [1.165, 1.54) is 7.11 Å². The topological polar surface area (TPSA) is 57.7 Å². The summed E-state index contributed by atoms with van der Waals surface area (Å²) in [5.41, 5.74) is 2.36. The first kappa shape index (κ1) is 17.6. The summed E-state index contributed by atoms with van der Waals surface area (Å²) in [7, 11) is 0.937. The summed E-state index contributed by atoms with van der Waals surface area (Å²) >= 11 is 0. The number of carbonyl (C=O) groups is 1. The van der Waals surface area contributed by atoms with E-state index in [1.54, 1.807) is 18.3 Å². The number of ether oxygens (including phenoxy) is 1. The molecule has 0 amide bonds. The molecule has 1 aliphatic heterocycles. The first-order valence-electron chi connectivity index (χ1n) is 8.24. The summed E-state index contributed by atoms with van der Waals surface area (Å²) in [5.74, 6) is -0.356. The molecule has 0 atom stereocenters. The van der Waals surface area contributed by atoms with Crippen molar-refractivity contribution in [3.63, 3.8) is 0 Å². The molecule has 0 N–H and O–H groups in total. The van der Waals surface area contributed by atoms with Crippen molar-refractivity contribution in [2.75, 3.05) is 7.11 Å². The molecule has 5 nitrogen and oxygen atoms in total. The number of pyridine rings is 1. The van der Waals surface area contributed by atoms with Crippen LogP contribution in [0.15, 0.2) is 42.6 Å². The molecule has 1 saturated heterocycles. The number of methoxy groups -OCH3 is 1. The van der Waals surface area contributed by atoms with Crippen LogP contribution in [-0.4, -0.2) is 36.4 Å². The van der Waals surface area contributed by atoms with E-state index in [0.29, 0.717) is 5.56 Å². The van der Waals surface area contributed by atoms with Gasteiger partial charge in [0.2, 0.25) is 0 Å². The maximum Gasteiger partial charge on any atom is 0.494 e. The second kappa shape index (κ2) is 6.28. The molecule has 2 aromatic rings. The van der Waals surface area contributed by atoms with Gasteiger partial charge in [0.1, 0.15) is 0 Å². The summed E-state index contributed by atoms with van der Waals surface area (Å²) < 4.78 is 16.9. The highest BCUT2D eigenvalue weighted by atomic mass is 16.7. The predicted molar refractivity (Wildman–Crippen MR) is 96.7 cm³/mol. The van der Waals surface area contributed by atoms with Gasteiger partial charge in [-0.25, -0.2) is 4.79 Å². The molecule has 0 radical (unpaired) electrons. The molecule has 0 saturated carbocycles. The molecule has 1 aromatic heterocycles. The van der Waals surface area contributed by atoms with E-state index in [4.69, 9.17) is 14.0 Å². The van der Waals surface area contributed by atoms with Crippen LogP contribution in [0, 0.1) is 0 Å². The molecule has 1 aromatic carbocycles. The lowest BCUT2D eigenvalue weighted by molar-refractivity contribution is 0.00578. The molecule has 25 heavy (non-hydrogen) atoms. The largest absolute Gasteiger partial charge is 0.494 e. The number of benzene rings is 1. The van der Waals surface area contributed by atoms with Crippen molar-refractivity contribution in [3.8, 4) is 11.3 Å². The van der Waals surface area contributed by atoms with Crippen LogP contribution in [0.3, 0.4) is 0 Å². The molecule has 0 unspecified atom stereocenters. The molecule has 1 aliphatic rings. The summed E-state index contributed by atoms with van der Waals surface area (Å²) in [6.07, 6.45) is 1.74. The van der Waals surface area contributed by atoms with Gasteiger partial charge in [0.25, 0.3) is 0 Å². The van der Waals surface area contributed by atoms with Gasteiger partial charge in [0.05, 0.1) is 29.6 Å². The molecule has 2 heterocycles. The monoisotopic (exact) mass is 339 g/mol. The molecular formula is C19H22BNO4. The van der Waals surface area contributed by atoms with Gasteiger partial charge >= 0.3 is 13.1 Å². The average molecular weight is 339 g/mol. The number of hydrogen-bond acceptors (Lipinski definition) is 5. The predicted octanol–water partition coefficient (Wildman–Crippen LogP) is 2.83. The van der Waals surface area contributed by atoms with Crippen LogP contribution in [0.5, 0.6) is 0 Å². The molecular weight excluding hydrogens is 317 g/mol. The highest BCUT2D eigenvalue weighted by Crippen LogP contribution is 2.36. The lowest BCUT2D eigenvalue weighted by atomic mass is 9.79. The first-order chi connectivity index (χ1) is 11.7. The number of nitrogens with zero attached hydrogens (tertiary/aromatic N) is 1. The fourth-order valence-electron chi connectivity index (χ4n) is 2.63. The lowest BCUT2D eigenvalue weighted by Gasteiger charge is -2.32. The zero-order valence-corrected chi connectivity index (χ0v) is 15.2. The third-order valence-corrected chi connectivity index (χ3v) is 4.91. The maximum atomic E-state index is 11.5. The molecule has 0 aliphatic carbocycles. The van der Waals surface area contributed by atoms with Crippen molar-refractivity contribution in [3.05, 3.63) is 48.2 Å². The maximum absolute atomic E-state index is 11.5. The lowest BCUT2D eigenvalue weighted by Crippen LogP contribution is -2.41. The summed E-state index contributed by atoms with van der Waals surface area (Å²) in [6.45, 7) is 8.11. The number of hydrogen-bond donors (Lipinski definition) is 0. The molecule has 0 spiro atoms. The SMILES string of the molecule is COC(=O)c1ccc(-c2cc(B3OC(C)(C)C(C)(C)O3)ccn2)cc1. The van der Waals surface area contributed by atoms with Crippen LogP contribution in [0.25, 0.3) is 11.3 Å². The highest BCUT2D eigenvalue weighted by molar-refractivity contribution is 6.62. The Balaban J connectivity index is 1.86. The molecule has 6 heteroatoms. The zero-order valence-electron chi connectivity index (χ0n) is 15.2. The van der Waals surface area contributed by atoms with E-state index in [0.717, 1.165) is 16.7 Å². The smallest absolute Gasteiger partial charge is 0.465 e. The molecule has 0 bridgehead atoms. The van der Waals surface area contributed by atoms with Crippen molar-refractivity contribution >= 4 is 18.6 Å². The van der Waals surface area contributed by atoms with Gasteiger partial charge in [-0.2, -0.15) is 0 Å². The second-order valence-electron chi connectivity index (χ2n) is 7.13. The number of carbonyl (C=O) groups excluding carboxylic acids is 1. The summed E-state index contributed by atoms with van der Waals surface area (Å²) in [4.78, 5) is 16.0. The van der Waals surface area contributed by atoms with Gasteiger partial charge < -0.3 is 14.0 Å². The second-order valence-corrected chi connectivity index (χ2v) is 7.13. The Kier molecular flexibility index (Phi) is 4.43. The van der Waals surface area contributed by atoms with E-state index in [2.05, 4.69) is 4.98 Å². The van der Waals surface area contributed by atoms with Crippen molar-refractivity contribution in [2.45, 2.75) is 38.9 Å². The van der Waals surface area contributed by atoms with Crippen molar-refractivity contribution in [1.29, 1.82) is 0 Å². The highest BCUT2D eigenvalue weighted by Gasteiger charge is 2.51. The third-order valence-electron chi connectivity index (χ3n) is 4.91. The van der Waals surface area contributed by atoms with E-state index in [9.17, 15) is 4.79 Å². The minimum atomic E-state index is -0.430. The quantitative estimate of drug-likeness (QED) is 0.636. The van der Waals surface area contributed by atoms with Crippen molar-refractivity contribution in [2.24, 2.45) is 0 Å². The minimum Gasteiger partial charge on any atom is -0.465 e. The van der Waals surface area contributed by atoms with Gasteiger partial charge in [0.15, 0.2) is 0 Å². The summed E-state index contributed by atoms with van der Waals surface area (Å²) in [6, 6.07) is 11.0. The van der Waals surface area contributed by atoms with Crippen molar-refractivity contribution in [1.82, 2.24) is 4.98 Å². The molecule has 130 valence electrons. The Morgan fingerprint density at radius 1 is 1.04 bits per heavy atom. The Bertz CT molecular complexity index is 770. The third kappa shape index (κ3) is 3.32. The average Bonchev–Trinajstić information content (AvgIpc) is 2.82. The zero-order chi connectivity index (χ0) is 18.2. The van der Waals surface area contributed by atoms with Gasteiger partial charge in [-0.15, -0.1) is 0 Å². The van der Waals surface area contributed by atoms with Crippen molar-refractivity contribution < 1.29 is 18.8 Å². The molecule has 1 fully saturated rings. The first-order valence-corrected chi connectivity index (χ1v) is 8.24. The Morgan fingerprint density at radius 2 is 1.64 bits per heavy atom. The summed E-state index contributed by atoms with van der Waals surface area (Å²) in [5, 5.41) is 0. The Hall–Kier alpha value is -2.18.